The number of aryl methyl sites for hydroxylation is 1. The van der Waals surface area contributed by atoms with Gasteiger partial charge in [0.05, 0.1) is 18.1 Å². The fourth-order valence-corrected chi connectivity index (χ4v) is 2.81. The molecule has 1 atom stereocenters. The molecule has 0 heterocycles. The Bertz CT molecular complexity index is 783. The van der Waals surface area contributed by atoms with Crippen molar-refractivity contribution in [3.8, 4) is 39.9 Å². The number of phenolic OH excluding ortho intramolecular Hbond substituents is 5. The van der Waals surface area contributed by atoms with Gasteiger partial charge < -0.3 is 30.3 Å². The van der Waals surface area contributed by atoms with Crippen LogP contribution >= 0.6 is 0 Å². The van der Waals surface area contributed by atoms with Gasteiger partial charge in [0, 0.05) is 0 Å². The molecule has 7 heteroatoms. The predicted molar refractivity (Wildman–Crippen MR) is 98.9 cm³/mol. The molecule has 0 spiro atoms. The zero-order valence-electron chi connectivity index (χ0n) is 15.3. The van der Waals surface area contributed by atoms with Crippen LogP contribution in [-0.2, 0) is 16.0 Å². The summed E-state index contributed by atoms with van der Waals surface area (Å²) in [6.45, 7) is 3.97. The highest BCUT2D eigenvalue weighted by molar-refractivity contribution is 5.85. The van der Waals surface area contributed by atoms with Gasteiger partial charge in [0.25, 0.3) is 0 Å². The van der Waals surface area contributed by atoms with E-state index in [0.29, 0.717) is 18.6 Å². The fraction of sp³-hybridized carbons (Fsp3) is 0.350. The van der Waals surface area contributed by atoms with Crippen molar-refractivity contribution in [3.63, 3.8) is 0 Å². The van der Waals surface area contributed by atoms with Gasteiger partial charge in [-0.25, -0.2) is 0 Å². The highest BCUT2D eigenvalue weighted by Gasteiger charge is 2.24. The van der Waals surface area contributed by atoms with Crippen molar-refractivity contribution in [2.75, 3.05) is 6.61 Å². The minimum absolute atomic E-state index is 0.166. The second-order valence-corrected chi connectivity index (χ2v) is 6.36. The zero-order valence-corrected chi connectivity index (χ0v) is 15.3. The Labute approximate surface area is 157 Å². The average Bonchev–Trinajstić information content (AvgIpc) is 2.66. The number of ether oxygens (including phenoxy) is 1. The van der Waals surface area contributed by atoms with Crippen molar-refractivity contribution in [1.29, 1.82) is 0 Å². The molecule has 0 aliphatic heterocycles. The number of hydrogen-bond acceptors (Lipinski definition) is 7. The number of phenols is 5. The lowest BCUT2D eigenvalue weighted by Crippen LogP contribution is -2.14. The highest BCUT2D eigenvalue weighted by atomic mass is 16.5. The third-order valence-corrected chi connectivity index (χ3v) is 4.40. The Balaban J connectivity index is 2.10. The SMILES string of the molecule is CCOC(=O)C(C)CCCc1ccc(-c2c(O)c(O)c(O)c(O)c2O)cc1. The molecule has 0 radical (unpaired) electrons. The van der Waals surface area contributed by atoms with Gasteiger partial charge >= 0.3 is 5.97 Å². The Morgan fingerprint density at radius 1 is 0.926 bits per heavy atom. The molecule has 0 aliphatic rings. The summed E-state index contributed by atoms with van der Waals surface area (Å²) in [5.41, 5.74) is 1.17. The van der Waals surface area contributed by atoms with Crippen LogP contribution in [0.3, 0.4) is 0 Å². The molecule has 1 unspecified atom stereocenters. The van der Waals surface area contributed by atoms with Gasteiger partial charge in [0.2, 0.25) is 17.2 Å². The van der Waals surface area contributed by atoms with Crippen LogP contribution in [0.25, 0.3) is 11.1 Å². The maximum atomic E-state index is 11.6. The van der Waals surface area contributed by atoms with Crippen molar-refractivity contribution in [2.45, 2.75) is 33.1 Å². The van der Waals surface area contributed by atoms with Crippen molar-refractivity contribution in [3.05, 3.63) is 29.8 Å². The number of rotatable bonds is 7. The lowest BCUT2D eigenvalue weighted by atomic mass is 9.97. The Morgan fingerprint density at radius 2 is 1.44 bits per heavy atom. The van der Waals surface area contributed by atoms with E-state index in [1.165, 1.54) is 0 Å². The molecule has 0 saturated carbocycles. The van der Waals surface area contributed by atoms with E-state index in [1.54, 1.807) is 31.2 Å². The van der Waals surface area contributed by atoms with E-state index in [1.807, 2.05) is 6.92 Å². The molecule has 2 rings (SSSR count). The molecular formula is C20H24O7. The van der Waals surface area contributed by atoms with Gasteiger partial charge in [-0.15, -0.1) is 0 Å². The molecule has 0 fully saturated rings. The van der Waals surface area contributed by atoms with Crippen LogP contribution in [0.1, 0.15) is 32.3 Å². The number of aromatic hydroxyl groups is 5. The van der Waals surface area contributed by atoms with E-state index in [9.17, 15) is 30.3 Å². The van der Waals surface area contributed by atoms with Crippen LogP contribution in [0.15, 0.2) is 24.3 Å². The summed E-state index contributed by atoms with van der Waals surface area (Å²) in [5.74, 6) is -4.61. The Kier molecular flexibility index (Phi) is 6.39. The average molecular weight is 376 g/mol. The van der Waals surface area contributed by atoms with Crippen molar-refractivity contribution in [2.24, 2.45) is 5.92 Å². The standard InChI is InChI=1S/C20H24O7/c1-3-27-20(26)11(2)5-4-6-12-7-9-13(10-8-12)14-15(21)17(23)19(25)18(24)16(14)22/h7-11,21-25H,3-6H2,1-2H3. The highest BCUT2D eigenvalue weighted by Crippen LogP contribution is 2.54. The van der Waals surface area contributed by atoms with Crippen molar-refractivity contribution >= 4 is 5.97 Å². The van der Waals surface area contributed by atoms with E-state index in [2.05, 4.69) is 0 Å². The lowest BCUT2D eigenvalue weighted by Gasteiger charge is -2.13. The fourth-order valence-electron chi connectivity index (χ4n) is 2.81. The summed E-state index contributed by atoms with van der Waals surface area (Å²) >= 11 is 0. The first-order valence-electron chi connectivity index (χ1n) is 8.72. The second kappa shape index (κ2) is 8.53. The molecule has 27 heavy (non-hydrogen) atoms. The molecule has 0 aliphatic carbocycles. The molecule has 146 valence electrons. The number of carbonyl (C=O) groups excluding carboxylic acids is 1. The van der Waals surface area contributed by atoms with Crippen LogP contribution in [-0.4, -0.2) is 38.1 Å². The minimum atomic E-state index is -0.985. The van der Waals surface area contributed by atoms with Crippen LogP contribution in [0.4, 0.5) is 0 Å². The number of esters is 1. The van der Waals surface area contributed by atoms with Gasteiger partial charge in [-0.1, -0.05) is 31.2 Å². The molecule has 2 aromatic carbocycles. The van der Waals surface area contributed by atoms with Crippen molar-refractivity contribution < 1.29 is 35.1 Å². The predicted octanol–water partition coefficient (Wildman–Crippen LogP) is 3.40. The molecule has 0 saturated heterocycles. The summed E-state index contributed by atoms with van der Waals surface area (Å²) in [7, 11) is 0. The summed E-state index contributed by atoms with van der Waals surface area (Å²) < 4.78 is 4.98. The van der Waals surface area contributed by atoms with E-state index >= 15 is 0 Å². The van der Waals surface area contributed by atoms with E-state index in [4.69, 9.17) is 4.74 Å². The van der Waals surface area contributed by atoms with Gasteiger partial charge in [-0.3, -0.25) is 4.79 Å². The molecule has 2 aromatic rings. The first-order chi connectivity index (χ1) is 12.8. The maximum Gasteiger partial charge on any atom is 0.308 e. The summed E-state index contributed by atoms with van der Waals surface area (Å²) in [5, 5.41) is 48.7. The number of carbonyl (C=O) groups is 1. The first kappa shape index (κ1) is 20.2. The van der Waals surface area contributed by atoms with Gasteiger partial charge in [-0.2, -0.15) is 0 Å². The van der Waals surface area contributed by atoms with Gasteiger partial charge in [0.15, 0.2) is 11.5 Å². The lowest BCUT2D eigenvalue weighted by molar-refractivity contribution is -0.147. The monoisotopic (exact) mass is 376 g/mol. The number of benzene rings is 2. The van der Waals surface area contributed by atoms with Crippen LogP contribution < -0.4 is 0 Å². The maximum absolute atomic E-state index is 11.6. The Hall–Kier alpha value is -3.09. The van der Waals surface area contributed by atoms with E-state index < -0.39 is 28.7 Å². The Morgan fingerprint density at radius 3 is 1.96 bits per heavy atom. The molecule has 7 nitrogen and oxygen atoms in total. The summed E-state index contributed by atoms with van der Waals surface area (Å²) in [6, 6.07) is 6.80. The van der Waals surface area contributed by atoms with Gasteiger partial charge in [0.1, 0.15) is 0 Å². The first-order valence-corrected chi connectivity index (χ1v) is 8.72. The third kappa shape index (κ3) is 4.36. The third-order valence-electron chi connectivity index (χ3n) is 4.40. The van der Waals surface area contributed by atoms with Crippen LogP contribution in [0.2, 0.25) is 0 Å². The molecule has 0 amide bonds. The van der Waals surface area contributed by atoms with Crippen LogP contribution in [0, 0.1) is 5.92 Å². The minimum Gasteiger partial charge on any atom is -0.504 e. The molecule has 5 N–H and O–H groups in total. The topological polar surface area (TPSA) is 127 Å². The summed E-state index contributed by atoms with van der Waals surface area (Å²) in [4.78, 5) is 11.6. The zero-order chi connectivity index (χ0) is 20.1. The summed E-state index contributed by atoms with van der Waals surface area (Å²) in [6.07, 6.45) is 2.21. The molecule has 0 bridgehead atoms. The second-order valence-electron chi connectivity index (χ2n) is 6.36. The van der Waals surface area contributed by atoms with E-state index in [0.717, 1.165) is 18.4 Å². The number of hydrogen-bond donors (Lipinski definition) is 5. The quantitative estimate of drug-likeness (QED) is 0.285. The van der Waals surface area contributed by atoms with E-state index in [-0.39, 0.29) is 17.5 Å². The van der Waals surface area contributed by atoms with Gasteiger partial charge in [-0.05, 0) is 37.3 Å². The normalized spacial score (nSPS) is 11.9. The molecule has 0 aromatic heterocycles. The smallest absolute Gasteiger partial charge is 0.308 e. The van der Waals surface area contributed by atoms with Crippen LogP contribution in [0.5, 0.6) is 28.7 Å². The molecular weight excluding hydrogens is 352 g/mol. The van der Waals surface area contributed by atoms with Crippen molar-refractivity contribution in [1.82, 2.24) is 0 Å². The largest absolute Gasteiger partial charge is 0.504 e.